The number of aromatic nitrogens is 1. The van der Waals surface area contributed by atoms with Gasteiger partial charge in [0.1, 0.15) is 11.4 Å². The van der Waals surface area contributed by atoms with Gasteiger partial charge in [0.25, 0.3) is 0 Å². The average Bonchev–Trinajstić information content (AvgIpc) is 2.88. The van der Waals surface area contributed by atoms with Crippen molar-refractivity contribution < 1.29 is 23.9 Å². The number of carbonyl (C=O) groups excluding carboxylic acids is 3. The van der Waals surface area contributed by atoms with Crippen molar-refractivity contribution in [3.05, 3.63) is 89.2 Å². The summed E-state index contributed by atoms with van der Waals surface area (Å²) in [4.78, 5) is 36.3. The molecule has 7 heteroatoms. The molecule has 7 nitrogen and oxygen atoms in total. The maximum Gasteiger partial charge on any atom is 0.415 e. The predicted octanol–water partition coefficient (Wildman–Crippen LogP) is 7.19. The first-order valence-corrected chi connectivity index (χ1v) is 12.6. The van der Waals surface area contributed by atoms with E-state index in [0.29, 0.717) is 0 Å². The molecule has 0 unspecified atom stereocenters. The fourth-order valence-electron chi connectivity index (χ4n) is 4.51. The van der Waals surface area contributed by atoms with Crippen molar-refractivity contribution in [1.82, 2.24) is 4.98 Å². The van der Waals surface area contributed by atoms with Crippen molar-refractivity contribution >= 4 is 28.7 Å². The summed E-state index contributed by atoms with van der Waals surface area (Å²) < 4.78 is 11.5. The summed E-state index contributed by atoms with van der Waals surface area (Å²) in [5, 5.41) is 2.02. The highest BCUT2D eigenvalue weighted by Gasteiger charge is 2.27. The third-order valence-electron chi connectivity index (χ3n) is 6.26. The number of methoxy groups -OCH3 is 1. The minimum absolute atomic E-state index is 0.249. The molecule has 0 aliphatic carbocycles. The molecule has 0 atom stereocenters. The number of hydrogen-bond donors (Lipinski definition) is 0. The number of ether oxygens (including phenoxy) is 2. The average molecular weight is 527 g/mol. The molecule has 0 saturated carbocycles. The zero-order valence-electron chi connectivity index (χ0n) is 23.5. The fourth-order valence-corrected chi connectivity index (χ4v) is 4.51. The van der Waals surface area contributed by atoms with Crippen molar-refractivity contribution in [3.8, 4) is 16.9 Å². The quantitative estimate of drug-likeness (QED) is 0.273. The van der Waals surface area contributed by atoms with Crippen LogP contribution in [0.4, 0.5) is 10.5 Å². The van der Waals surface area contributed by atoms with E-state index < -0.39 is 11.7 Å². The Bertz CT molecular complexity index is 1520. The Kier molecular flexibility index (Phi) is 9.23. The molecule has 1 amide bonds. The lowest BCUT2D eigenvalue weighted by Crippen LogP contribution is -2.37. The minimum atomic E-state index is -0.647. The number of hydrogen-bond acceptors (Lipinski definition) is 6. The number of anilines is 1. The monoisotopic (exact) mass is 526 g/mol. The Morgan fingerprint density at radius 1 is 0.949 bits per heavy atom. The SMILES string of the molecule is COc1c(C)cnc(CN(C(=O)OC(C)(C)C)c2cc(-c3ccccc3C)cc3ccccc23)c1C.O=C=O. The van der Waals surface area contributed by atoms with Crippen molar-refractivity contribution in [2.24, 2.45) is 0 Å². The molecular formula is C32H34N2O5. The molecule has 4 aromatic rings. The molecule has 0 aliphatic heterocycles. The number of fused-ring (bicyclic) bond motifs is 1. The summed E-state index contributed by atoms with van der Waals surface area (Å²) in [6, 6.07) is 20.7. The maximum atomic E-state index is 13.7. The fraction of sp³-hybridized carbons (Fsp3) is 0.281. The van der Waals surface area contributed by atoms with E-state index in [4.69, 9.17) is 19.1 Å². The lowest BCUT2D eigenvalue weighted by molar-refractivity contribution is -0.191. The summed E-state index contributed by atoms with van der Waals surface area (Å²) in [5.41, 5.74) is 6.09. The van der Waals surface area contributed by atoms with Gasteiger partial charge in [-0.25, -0.2) is 4.79 Å². The first-order chi connectivity index (χ1) is 18.5. The van der Waals surface area contributed by atoms with E-state index in [0.717, 1.165) is 50.2 Å². The number of rotatable bonds is 5. The van der Waals surface area contributed by atoms with Gasteiger partial charge >= 0.3 is 12.2 Å². The second-order valence-corrected chi connectivity index (χ2v) is 10.2. The zero-order valence-corrected chi connectivity index (χ0v) is 23.5. The number of nitrogens with zero attached hydrogens (tertiary/aromatic N) is 2. The van der Waals surface area contributed by atoms with E-state index in [1.54, 1.807) is 18.2 Å². The third-order valence-corrected chi connectivity index (χ3v) is 6.26. The first kappa shape index (κ1) is 29.1. The van der Waals surface area contributed by atoms with Gasteiger partial charge in [0.15, 0.2) is 0 Å². The van der Waals surface area contributed by atoms with Gasteiger partial charge in [-0.3, -0.25) is 9.88 Å². The van der Waals surface area contributed by atoms with E-state index in [1.165, 1.54) is 5.56 Å². The van der Waals surface area contributed by atoms with Crippen LogP contribution >= 0.6 is 0 Å². The van der Waals surface area contributed by atoms with E-state index in [9.17, 15) is 4.79 Å². The largest absolute Gasteiger partial charge is 0.496 e. The summed E-state index contributed by atoms with van der Waals surface area (Å²) in [7, 11) is 1.66. The van der Waals surface area contributed by atoms with Crippen LogP contribution in [0.25, 0.3) is 21.9 Å². The molecule has 0 radical (unpaired) electrons. The van der Waals surface area contributed by atoms with Gasteiger partial charge in [-0.05, 0) is 75.8 Å². The Morgan fingerprint density at radius 2 is 1.59 bits per heavy atom. The molecule has 0 bridgehead atoms. The van der Waals surface area contributed by atoms with Crippen molar-refractivity contribution in [3.63, 3.8) is 0 Å². The highest BCUT2D eigenvalue weighted by atomic mass is 16.6. The van der Waals surface area contributed by atoms with Gasteiger partial charge in [-0.2, -0.15) is 9.59 Å². The van der Waals surface area contributed by atoms with Crippen molar-refractivity contribution in [2.45, 2.75) is 53.7 Å². The van der Waals surface area contributed by atoms with Gasteiger partial charge in [0, 0.05) is 22.7 Å². The van der Waals surface area contributed by atoms with Gasteiger partial charge in [0.2, 0.25) is 0 Å². The van der Waals surface area contributed by atoms with Crippen LogP contribution in [0.3, 0.4) is 0 Å². The summed E-state index contributed by atoms with van der Waals surface area (Å²) >= 11 is 0. The lowest BCUT2D eigenvalue weighted by atomic mass is 9.96. The minimum Gasteiger partial charge on any atom is -0.496 e. The second kappa shape index (κ2) is 12.4. The van der Waals surface area contributed by atoms with Crippen LogP contribution in [0.15, 0.2) is 66.9 Å². The molecule has 3 aromatic carbocycles. The highest BCUT2D eigenvalue weighted by molar-refractivity contribution is 6.04. The predicted molar refractivity (Wildman–Crippen MR) is 152 cm³/mol. The molecule has 0 fully saturated rings. The molecule has 0 aliphatic rings. The van der Waals surface area contributed by atoms with Crippen LogP contribution in [0, 0.1) is 20.8 Å². The molecular weight excluding hydrogens is 492 g/mol. The summed E-state index contributed by atoms with van der Waals surface area (Å²) in [5.74, 6) is 0.780. The number of benzene rings is 3. The normalized spacial score (nSPS) is 10.7. The first-order valence-electron chi connectivity index (χ1n) is 12.6. The highest BCUT2D eigenvalue weighted by Crippen LogP contribution is 2.36. The number of pyridine rings is 1. The van der Waals surface area contributed by atoms with Crippen LogP contribution in [0.1, 0.15) is 43.2 Å². The van der Waals surface area contributed by atoms with Gasteiger partial charge in [-0.1, -0.05) is 48.5 Å². The topological polar surface area (TPSA) is 85.8 Å². The summed E-state index contributed by atoms with van der Waals surface area (Å²) in [6.07, 6.45) is 1.62. The van der Waals surface area contributed by atoms with Crippen LogP contribution in [0.5, 0.6) is 5.75 Å². The Labute approximate surface area is 229 Å². The van der Waals surface area contributed by atoms with E-state index in [-0.39, 0.29) is 12.7 Å². The van der Waals surface area contributed by atoms with Crippen LogP contribution in [0.2, 0.25) is 0 Å². The van der Waals surface area contributed by atoms with Crippen molar-refractivity contribution in [1.29, 1.82) is 0 Å². The standard InChI is InChI=1S/C31H34N2O3.CO2/c1-20-12-8-10-14-25(20)24-16-23-13-9-11-15-26(23)28(17-24)33(30(34)36-31(4,5)6)19-27-22(3)29(35-7)21(2)18-32-27;2-1-3/h8-18H,19H2,1-7H3;. The van der Waals surface area contributed by atoms with Crippen LogP contribution in [-0.2, 0) is 20.9 Å². The molecule has 0 saturated heterocycles. The molecule has 0 spiro atoms. The molecule has 202 valence electrons. The van der Waals surface area contributed by atoms with Gasteiger partial charge < -0.3 is 9.47 Å². The smallest absolute Gasteiger partial charge is 0.415 e. The van der Waals surface area contributed by atoms with Crippen molar-refractivity contribution in [2.75, 3.05) is 12.0 Å². The zero-order chi connectivity index (χ0) is 28.7. The van der Waals surface area contributed by atoms with E-state index >= 15 is 0 Å². The van der Waals surface area contributed by atoms with E-state index in [1.807, 2.05) is 65.0 Å². The molecule has 1 aromatic heterocycles. The Morgan fingerprint density at radius 3 is 2.23 bits per heavy atom. The van der Waals surface area contributed by atoms with E-state index in [2.05, 4.69) is 42.2 Å². The lowest BCUT2D eigenvalue weighted by Gasteiger charge is -2.29. The van der Waals surface area contributed by atoms with Crippen LogP contribution in [-0.4, -0.2) is 29.9 Å². The molecule has 4 rings (SSSR count). The Balaban J connectivity index is 0.00000134. The van der Waals surface area contributed by atoms with Crippen LogP contribution < -0.4 is 9.64 Å². The van der Waals surface area contributed by atoms with Gasteiger partial charge in [0.05, 0.1) is 25.0 Å². The molecule has 39 heavy (non-hydrogen) atoms. The maximum absolute atomic E-state index is 13.7. The number of amides is 1. The van der Waals surface area contributed by atoms with Gasteiger partial charge in [-0.15, -0.1) is 0 Å². The third kappa shape index (κ3) is 6.89. The molecule has 1 heterocycles. The summed E-state index contributed by atoms with van der Waals surface area (Å²) in [6.45, 7) is 11.9. The molecule has 0 N–H and O–H groups in total. The second-order valence-electron chi connectivity index (χ2n) is 10.2. The number of carbonyl (C=O) groups is 1. The Hall–Kier alpha value is -4.48. The number of aryl methyl sites for hydroxylation is 2.